The number of aromatic hydroxyl groups is 2. The number of fused-ring (bicyclic) bond motifs is 2. The SMILES string of the molecule is Cc1c(C#C[Si](C(C)C)(C(C)C)C(C)C)c(Br)cc2c(C)c(C#C[Si](C(C)C)(C(C)C)C(C)C)c(Br)cc12.Cc1c(O)c(Br)cc2c(C)c(O)c(Br)cc12. The molecular formula is C46H60Br4O2Si2. The van der Waals surface area contributed by atoms with Crippen molar-refractivity contribution in [1.29, 1.82) is 0 Å². The van der Waals surface area contributed by atoms with Gasteiger partial charge < -0.3 is 10.2 Å². The van der Waals surface area contributed by atoms with Crippen LogP contribution in [0.1, 0.15) is 116 Å². The number of hydrogen-bond acceptors (Lipinski definition) is 2. The molecule has 0 amide bonds. The minimum absolute atomic E-state index is 0.240. The summed E-state index contributed by atoms with van der Waals surface area (Å²) in [5, 5.41) is 24.1. The van der Waals surface area contributed by atoms with E-state index in [2.05, 4.69) is 196 Å². The third-order valence-corrected chi connectivity index (χ3v) is 27.3. The summed E-state index contributed by atoms with van der Waals surface area (Å²) in [4.78, 5) is 0. The van der Waals surface area contributed by atoms with Gasteiger partial charge in [-0.15, -0.1) is 11.1 Å². The maximum atomic E-state index is 9.83. The van der Waals surface area contributed by atoms with Gasteiger partial charge in [-0.25, -0.2) is 0 Å². The van der Waals surface area contributed by atoms with Crippen LogP contribution in [0.3, 0.4) is 0 Å². The Balaban J connectivity index is 0.000000404. The molecule has 0 unspecified atom stereocenters. The Morgan fingerprint density at radius 2 is 0.630 bits per heavy atom. The molecule has 292 valence electrons. The molecule has 0 fully saturated rings. The molecule has 0 saturated heterocycles. The smallest absolute Gasteiger partial charge is 0.146 e. The highest BCUT2D eigenvalue weighted by atomic mass is 79.9. The maximum Gasteiger partial charge on any atom is 0.146 e. The third kappa shape index (κ3) is 8.80. The van der Waals surface area contributed by atoms with Gasteiger partial charge in [0.25, 0.3) is 0 Å². The molecule has 4 rings (SSSR count). The van der Waals surface area contributed by atoms with Crippen molar-refractivity contribution in [3.05, 3.63) is 75.5 Å². The van der Waals surface area contributed by atoms with Crippen LogP contribution in [0.5, 0.6) is 11.5 Å². The van der Waals surface area contributed by atoms with Crippen LogP contribution in [0, 0.1) is 50.6 Å². The lowest BCUT2D eigenvalue weighted by atomic mass is 9.95. The molecular weight excluding hydrogens is 960 g/mol. The zero-order valence-corrected chi connectivity index (χ0v) is 43.5. The van der Waals surface area contributed by atoms with Gasteiger partial charge in [0.1, 0.15) is 27.6 Å². The quantitative estimate of drug-likeness (QED) is 0.149. The molecule has 0 aliphatic heterocycles. The van der Waals surface area contributed by atoms with Gasteiger partial charge in [0, 0.05) is 20.1 Å². The first kappa shape index (κ1) is 46.9. The molecule has 0 heterocycles. The number of phenols is 2. The minimum Gasteiger partial charge on any atom is -0.506 e. The fourth-order valence-electron chi connectivity index (χ4n) is 9.10. The summed E-state index contributed by atoms with van der Waals surface area (Å²) in [6.45, 7) is 36.7. The first-order valence-corrected chi connectivity index (χ1v) is 26.8. The Bertz CT molecular complexity index is 1980. The molecule has 8 heteroatoms. The van der Waals surface area contributed by atoms with E-state index in [0.717, 1.165) is 42.0 Å². The van der Waals surface area contributed by atoms with Crippen LogP contribution in [-0.4, -0.2) is 26.4 Å². The van der Waals surface area contributed by atoms with Crippen LogP contribution in [0.25, 0.3) is 21.5 Å². The molecule has 2 N–H and O–H groups in total. The van der Waals surface area contributed by atoms with E-state index < -0.39 is 16.1 Å². The van der Waals surface area contributed by atoms with Gasteiger partial charge in [-0.3, -0.25) is 0 Å². The van der Waals surface area contributed by atoms with Gasteiger partial charge in [-0.1, -0.05) is 94.9 Å². The summed E-state index contributed by atoms with van der Waals surface area (Å²) in [6.07, 6.45) is 0. The van der Waals surface area contributed by atoms with E-state index in [9.17, 15) is 10.2 Å². The fraction of sp³-hybridized carbons (Fsp3) is 0.478. The summed E-state index contributed by atoms with van der Waals surface area (Å²) in [7, 11) is -3.63. The van der Waals surface area contributed by atoms with E-state index in [0.29, 0.717) is 42.2 Å². The zero-order chi connectivity index (χ0) is 41.4. The molecule has 0 spiro atoms. The van der Waals surface area contributed by atoms with Crippen molar-refractivity contribution >= 4 is 101 Å². The van der Waals surface area contributed by atoms with E-state index in [1.54, 1.807) is 0 Å². The maximum absolute atomic E-state index is 9.83. The summed E-state index contributed by atoms with van der Waals surface area (Å²) >= 11 is 14.5. The second kappa shape index (κ2) is 18.4. The average molecular weight is 1020 g/mol. The van der Waals surface area contributed by atoms with Crippen LogP contribution < -0.4 is 0 Å². The second-order valence-electron chi connectivity index (χ2n) is 16.9. The van der Waals surface area contributed by atoms with Gasteiger partial charge in [-0.05, 0) is 193 Å². The molecule has 4 aromatic rings. The van der Waals surface area contributed by atoms with E-state index in [-0.39, 0.29) is 11.5 Å². The minimum atomic E-state index is -1.82. The number of hydrogen-bond donors (Lipinski definition) is 2. The number of phenolic OH excluding ortho intramolecular Hbond substituents is 2. The summed E-state index contributed by atoms with van der Waals surface area (Å²) < 4.78 is 3.46. The number of rotatable bonds is 6. The van der Waals surface area contributed by atoms with Crippen molar-refractivity contribution in [1.82, 2.24) is 0 Å². The van der Waals surface area contributed by atoms with Crippen molar-refractivity contribution in [2.45, 2.75) is 144 Å². The van der Waals surface area contributed by atoms with Crippen molar-refractivity contribution in [3.63, 3.8) is 0 Å². The van der Waals surface area contributed by atoms with Crippen LogP contribution in [0.2, 0.25) is 33.2 Å². The summed E-state index contributed by atoms with van der Waals surface area (Å²) in [5.74, 6) is 7.92. The predicted molar refractivity (Wildman–Crippen MR) is 257 cm³/mol. The van der Waals surface area contributed by atoms with Crippen molar-refractivity contribution in [3.8, 4) is 34.4 Å². The Labute approximate surface area is 362 Å². The molecule has 0 aromatic heterocycles. The topological polar surface area (TPSA) is 40.5 Å². The lowest BCUT2D eigenvalue weighted by Crippen LogP contribution is -2.43. The molecule has 0 bridgehead atoms. The van der Waals surface area contributed by atoms with Crippen molar-refractivity contribution < 1.29 is 10.2 Å². The molecule has 4 aromatic carbocycles. The first-order chi connectivity index (χ1) is 24.9. The van der Waals surface area contributed by atoms with E-state index in [4.69, 9.17) is 0 Å². The van der Waals surface area contributed by atoms with E-state index in [1.165, 1.54) is 21.9 Å². The van der Waals surface area contributed by atoms with Crippen molar-refractivity contribution in [2.75, 3.05) is 0 Å². The molecule has 0 saturated carbocycles. The monoisotopic (exact) mass is 1020 g/mol. The highest BCUT2D eigenvalue weighted by Gasteiger charge is 2.42. The fourth-order valence-corrected chi connectivity index (χ4v) is 21.8. The van der Waals surface area contributed by atoms with Gasteiger partial charge in [-0.2, -0.15) is 0 Å². The molecule has 0 radical (unpaired) electrons. The van der Waals surface area contributed by atoms with Crippen LogP contribution in [0.4, 0.5) is 0 Å². The third-order valence-electron chi connectivity index (χ3n) is 12.2. The summed E-state index contributed by atoms with van der Waals surface area (Å²) in [5.41, 5.74) is 17.9. The number of benzene rings is 4. The van der Waals surface area contributed by atoms with Crippen molar-refractivity contribution in [2.24, 2.45) is 0 Å². The number of aryl methyl sites for hydroxylation is 4. The lowest BCUT2D eigenvalue weighted by molar-refractivity contribution is 0.466. The normalized spacial score (nSPS) is 12.2. The molecule has 2 nitrogen and oxygen atoms in total. The molecule has 0 aliphatic carbocycles. The van der Waals surface area contributed by atoms with Gasteiger partial charge in [0.15, 0.2) is 0 Å². The van der Waals surface area contributed by atoms with Gasteiger partial charge >= 0.3 is 0 Å². The van der Waals surface area contributed by atoms with Crippen LogP contribution in [0.15, 0.2) is 42.2 Å². The number of halogens is 4. The Morgan fingerprint density at radius 3 is 0.870 bits per heavy atom. The van der Waals surface area contributed by atoms with Gasteiger partial charge in [0.2, 0.25) is 0 Å². The highest BCUT2D eigenvalue weighted by Crippen LogP contribution is 2.44. The largest absolute Gasteiger partial charge is 0.506 e. The highest BCUT2D eigenvalue weighted by molar-refractivity contribution is 9.11. The molecule has 54 heavy (non-hydrogen) atoms. The zero-order valence-electron chi connectivity index (χ0n) is 35.2. The standard InChI is InChI=1S/C34H50Br2Si2.C12H10Br2O2/c1-21(2)37(22(3)4,23(5)6)17-15-29-27(13)31-20-34(36)30(28(14)32(31)19-33(29)35)16-18-38(24(7)8,25(9)10)26(11)12;1-5-7-3-10(14)12(16)6(2)8(7)4-9(13)11(5)15/h19-26H,1-14H3;3-4,15-16H,1-2H3. The van der Waals surface area contributed by atoms with E-state index in [1.807, 2.05) is 26.0 Å². The Morgan fingerprint density at radius 1 is 0.407 bits per heavy atom. The summed E-state index contributed by atoms with van der Waals surface area (Å²) in [6, 6.07) is 8.19. The second-order valence-corrected chi connectivity index (χ2v) is 31.4. The molecule has 0 aliphatic rings. The average Bonchev–Trinajstić information content (AvgIpc) is 3.06. The predicted octanol–water partition coefficient (Wildman–Crippen LogP) is 16.5. The van der Waals surface area contributed by atoms with Gasteiger partial charge in [0.05, 0.1) is 8.95 Å². The lowest BCUT2D eigenvalue weighted by Gasteiger charge is -2.38. The van der Waals surface area contributed by atoms with Crippen LogP contribution in [-0.2, 0) is 0 Å². The van der Waals surface area contributed by atoms with Crippen LogP contribution >= 0.6 is 63.7 Å². The van der Waals surface area contributed by atoms with E-state index >= 15 is 0 Å². The Kier molecular flexibility index (Phi) is 15.9. The molecule has 0 atom stereocenters. The first-order valence-electron chi connectivity index (χ1n) is 19.2. The Hall–Kier alpha value is -1.53.